The third-order valence-corrected chi connectivity index (χ3v) is 4.03. The van der Waals surface area contributed by atoms with Crippen molar-refractivity contribution in [2.24, 2.45) is 5.73 Å². The monoisotopic (exact) mass is 276 g/mol. The lowest BCUT2D eigenvalue weighted by Gasteiger charge is -2.35. The molecule has 0 unspecified atom stereocenters. The summed E-state index contributed by atoms with van der Waals surface area (Å²) in [6.07, 6.45) is 2.81. The maximum absolute atomic E-state index is 11.3. The van der Waals surface area contributed by atoms with Gasteiger partial charge in [0.15, 0.2) is 0 Å². The number of rotatable bonds is 3. The van der Waals surface area contributed by atoms with Crippen LogP contribution >= 0.6 is 0 Å². The number of amides is 1. The summed E-state index contributed by atoms with van der Waals surface area (Å²) in [5.41, 5.74) is 8.39. The number of hydrogen-bond acceptors (Lipinski definition) is 4. The summed E-state index contributed by atoms with van der Waals surface area (Å²) in [6.45, 7) is 9.01. The van der Waals surface area contributed by atoms with Gasteiger partial charge in [0.05, 0.1) is 0 Å². The molecule has 2 N–H and O–H groups in total. The van der Waals surface area contributed by atoms with Gasteiger partial charge in [0.2, 0.25) is 5.91 Å². The predicted molar refractivity (Wildman–Crippen MR) is 80.7 cm³/mol. The summed E-state index contributed by atoms with van der Waals surface area (Å²) in [4.78, 5) is 20.0. The molecule has 0 aliphatic carbocycles. The molecule has 0 radical (unpaired) electrons. The third kappa shape index (κ3) is 3.10. The van der Waals surface area contributed by atoms with E-state index >= 15 is 0 Å². The van der Waals surface area contributed by atoms with Crippen LogP contribution in [0.15, 0.2) is 12.3 Å². The SMILES string of the molecule is CC[C@@H](N)c1cnc(N2CCN(C(C)=O)CC2)cc1C. The molecular weight excluding hydrogens is 252 g/mol. The fraction of sp³-hybridized carbons (Fsp3) is 0.600. The average Bonchev–Trinajstić information content (AvgIpc) is 2.46. The summed E-state index contributed by atoms with van der Waals surface area (Å²) in [6, 6.07) is 2.17. The predicted octanol–water partition coefficient (Wildman–Crippen LogP) is 1.47. The smallest absolute Gasteiger partial charge is 0.219 e. The van der Waals surface area contributed by atoms with Crippen molar-refractivity contribution in [2.45, 2.75) is 33.2 Å². The average molecular weight is 276 g/mol. The third-order valence-electron chi connectivity index (χ3n) is 4.03. The van der Waals surface area contributed by atoms with Crippen molar-refractivity contribution >= 4 is 11.7 Å². The molecule has 2 heterocycles. The first-order valence-corrected chi connectivity index (χ1v) is 7.25. The van der Waals surface area contributed by atoms with Crippen molar-refractivity contribution in [3.8, 4) is 0 Å². The summed E-state index contributed by atoms with van der Waals surface area (Å²) < 4.78 is 0. The minimum atomic E-state index is 0.0612. The van der Waals surface area contributed by atoms with Gasteiger partial charge in [-0.05, 0) is 30.5 Å². The van der Waals surface area contributed by atoms with Gasteiger partial charge in [-0.1, -0.05) is 6.92 Å². The Morgan fingerprint density at radius 2 is 2.05 bits per heavy atom. The second kappa shape index (κ2) is 6.22. The molecule has 1 aliphatic heterocycles. The quantitative estimate of drug-likeness (QED) is 0.908. The Morgan fingerprint density at radius 3 is 2.55 bits per heavy atom. The van der Waals surface area contributed by atoms with Crippen LogP contribution in [0.3, 0.4) is 0 Å². The topological polar surface area (TPSA) is 62.5 Å². The molecule has 0 saturated carbocycles. The molecule has 0 spiro atoms. The van der Waals surface area contributed by atoms with Gasteiger partial charge < -0.3 is 15.5 Å². The van der Waals surface area contributed by atoms with E-state index in [9.17, 15) is 4.79 Å². The highest BCUT2D eigenvalue weighted by Crippen LogP contribution is 2.22. The zero-order chi connectivity index (χ0) is 14.7. The minimum absolute atomic E-state index is 0.0612. The van der Waals surface area contributed by atoms with Gasteiger partial charge in [0, 0.05) is 45.3 Å². The van der Waals surface area contributed by atoms with Gasteiger partial charge >= 0.3 is 0 Å². The van der Waals surface area contributed by atoms with E-state index in [0.29, 0.717) is 0 Å². The van der Waals surface area contributed by atoms with Crippen LogP contribution < -0.4 is 10.6 Å². The van der Waals surface area contributed by atoms with E-state index in [0.717, 1.165) is 44.0 Å². The van der Waals surface area contributed by atoms with E-state index in [-0.39, 0.29) is 11.9 Å². The maximum atomic E-state index is 11.3. The second-order valence-electron chi connectivity index (χ2n) is 5.41. The Balaban J connectivity index is 2.07. The molecule has 5 heteroatoms. The van der Waals surface area contributed by atoms with E-state index < -0.39 is 0 Å². The lowest BCUT2D eigenvalue weighted by atomic mass is 10.0. The maximum Gasteiger partial charge on any atom is 0.219 e. The zero-order valence-corrected chi connectivity index (χ0v) is 12.6. The molecule has 1 saturated heterocycles. The number of aromatic nitrogens is 1. The molecule has 1 atom stereocenters. The normalized spacial score (nSPS) is 17.2. The molecule has 5 nitrogen and oxygen atoms in total. The number of pyridine rings is 1. The van der Waals surface area contributed by atoms with Crippen LogP contribution in [0, 0.1) is 6.92 Å². The van der Waals surface area contributed by atoms with Gasteiger partial charge in [-0.2, -0.15) is 0 Å². The lowest BCUT2D eigenvalue weighted by molar-refractivity contribution is -0.129. The molecule has 1 aliphatic rings. The Hall–Kier alpha value is -1.62. The van der Waals surface area contributed by atoms with Gasteiger partial charge in [-0.15, -0.1) is 0 Å². The van der Waals surface area contributed by atoms with Gasteiger partial charge in [0.25, 0.3) is 0 Å². The van der Waals surface area contributed by atoms with Crippen molar-refractivity contribution in [1.82, 2.24) is 9.88 Å². The summed E-state index contributed by atoms with van der Waals surface area (Å²) in [7, 11) is 0. The van der Waals surface area contributed by atoms with Crippen molar-refractivity contribution in [3.05, 3.63) is 23.4 Å². The van der Waals surface area contributed by atoms with Gasteiger partial charge in [-0.3, -0.25) is 4.79 Å². The Morgan fingerprint density at radius 1 is 1.40 bits per heavy atom. The number of carbonyl (C=O) groups excluding carboxylic acids is 1. The van der Waals surface area contributed by atoms with Crippen LogP contribution in [0.1, 0.15) is 37.4 Å². The van der Waals surface area contributed by atoms with Crippen molar-refractivity contribution in [3.63, 3.8) is 0 Å². The number of hydrogen-bond donors (Lipinski definition) is 1. The highest BCUT2D eigenvalue weighted by molar-refractivity contribution is 5.73. The number of aryl methyl sites for hydroxylation is 1. The number of anilines is 1. The molecule has 110 valence electrons. The molecule has 2 rings (SSSR count). The molecule has 0 aromatic carbocycles. The minimum Gasteiger partial charge on any atom is -0.353 e. The number of nitrogens with zero attached hydrogens (tertiary/aromatic N) is 3. The van der Waals surface area contributed by atoms with Crippen molar-refractivity contribution in [1.29, 1.82) is 0 Å². The standard InChI is InChI=1S/C15H24N4O/c1-4-14(16)13-10-17-15(9-11(13)2)19-7-5-18(6-8-19)12(3)20/h9-10,14H,4-8,16H2,1-3H3/t14-/m1/s1. The van der Waals surface area contributed by atoms with Crippen LogP contribution in [0.5, 0.6) is 0 Å². The molecule has 1 aromatic rings. The Bertz CT molecular complexity index is 481. The van der Waals surface area contributed by atoms with Crippen molar-refractivity contribution in [2.75, 3.05) is 31.1 Å². The van der Waals surface area contributed by atoms with E-state index in [4.69, 9.17) is 5.73 Å². The first kappa shape index (κ1) is 14.8. The number of carbonyl (C=O) groups is 1. The Kier molecular flexibility index (Phi) is 4.60. The molecule has 1 fully saturated rings. The second-order valence-corrected chi connectivity index (χ2v) is 5.41. The largest absolute Gasteiger partial charge is 0.353 e. The summed E-state index contributed by atoms with van der Waals surface area (Å²) >= 11 is 0. The lowest BCUT2D eigenvalue weighted by Crippen LogP contribution is -2.48. The van der Waals surface area contributed by atoms with Crippen LogP contribution in [-0.2, 0) is 4.79 Å². The fourth-order valence-electron chi connectivity index (χ4n) is 2.58. The first-order valence-electron chi connectivity index (χ1n) is 7.25. The van der Waals surface area contributed by atoms with Crippen LogP contribution in [0.4, 0.5) is 5.82 Å². The highest BCUT2D eigenvalue weighted by atomic mass is 16.2. The molecular formula is C15H24N4O. The first-order chi connectivity index (χ1) is 9.52. The van der Waals surface area contributed by atoms with Gasteiger partial charge in [0.1, 0.15) is 5.82 Å². The van der Waals surface area contributed by atoms with Crippen molar-refractivity contribution < 1.29 is 4.79 Å². The van der Waals surface area contributed by atoms with Gasteiger partial charge in [-0.25, -0.2) is 4.98 Å². The summed E-state index contributed by atoms with van der Waals surface area (Å²) in [5, 5.41) is 0. The van der Waals surface area contributed by atoms with E-state index in [1.165, 1.54) is 5.56 Å². The highest BCUT2D eigenvalue weighted by Gasteiger charge is 2.20. The van der Waals surface area contributed by atoms with E-state index in [1.54, 1.807) is 6.92 Å². The van der Waals surface area contributed by atoms with E-state index in [2.05, 4.69) is 29.8 Å². The zero-order valence-electron chi connectivity index (χ0n) is 12.6. The van der Waals surface area contributed by atoms with Crippen LogP contribution in [0.25, 0.3) is 0 Å². The number of piperazine rings is 1. The molecule has 20 heavy (non-hydrogen) atoms. The van der Waals surface area contributed by atoms with Crippen LogP contribution in [0.2, 0.25) is 0 Å². The Labute approximate surface area is 120 Å². The molecule has 1 amide bonds. The number of nitrogens with two attached hydrogens (primary N) is 1. The van der Waals surface area contributed by atoms with Crippen LogP contribution in [-0.4, -0.2) is 42.0 Å². The summed E-state index contributed by atoms with van der Waals surface area (Å²) in [5.74, 6) is 1.14. The van der Waals surface area contributed by atoms with E-state index in [1.807, 2.05) is 11.1 Å². The molecule has 1 aromatic heterocycles. The fourth-order valence-corrected chi connectivity index (χ4v) is 2.58. The molecule has 0 bridgehead atoms.